The van der Waals surface area contributed by atoms with Crippen molar-refractivity contribution >= 4 is 28.5 Å². The first-order valence-corrected chi connectivity index (χ1v) is 13.3. The van der Waals surface area contributed by atoms with E-state index >= 15 is 4.39 Å². The molecule has 2 atom stereocenters. The Morgan fingerprint density at radius 2 is 1.90 bits per heavy atom. The van der Waals surface area contributed by atoms with Gasteiger partial charge in [-0.3, -0.25) is 0 Å². The lowest BCUT2D eigenvalue weighted by Gasteiger charge is -2.18. The van der Waals surface area contributed by atoms with Crippen molar-refractivity contribution < 1.29 is 32.9 Å². The van der Waals surface area contributed by atoms with Gasteiger partial charge in [0.15, 0.2) is 11.6 Å². The number of rotatable bonds is 10. The molecule has 0 aliphatic heterocycles. The van der Waals surface area contributed by atoms with Crippen LogP contribution in [0.1, 0.15) is 30.7 Å². The average Bonchev–Trinajstić information content (AvgIpc) is 3.52. The predicted molar refractivity (Wildman–Crippen MR) is 151 cm³/mol. The number of aromatic nitrogens is 4. The van der Waals surface area contributed by atoms with Gasteiger partial charge in [-0.15, -0.1) is 0 Å². The number of carbonyl (C=O) groups excluding carboxylic acids is 2. The number of esters is 1. The van der Waals surface area contributed by atoms with Gasteiger partial charge in [-0.1, -0.05) is 30.3 Å². The highest BCUT2D eigenvalue weighted by Crippen LogP contribution is 2.34. The molecule has 0 spiro atoms. The first-order chi connectivity index (χ1) is 20.2. The predicted octanol–water partition coefficient (Wildman–Crippen LogP) is 5.38. The van der Waals surface area contributed by atoms with Gasteiger partial charge < -0.3 is 29.2 Å². The third-order valence-electron chi connectivity index (χ3n) is 6.48. The highest BCUT2D eigenvalue weighted by atomic mass is 19.1. The third-order valence-corrected chi connectivity index (χ3v) is 6.48. The molecule has 1 amide bonds. The number of benzene rings is 2. The Hall–Kier alpha value is -5.13. The van der Waals surface area contributed by atoms with E-state index in [0.717, 1.165) is 11.3 Å². The van der Waals surface area contributed by atoms with E-state index < -0.39 is 30.0 Å². The van der Waals surface area contributed by atoms with E-state index in [1.54, 1.807) is 32.2 Å². The lowest BCUT2D eigenvalue weighted by Crippen LogP contribution is -2.41. The maximum absolute atomic E-state index is 15.1. The maximum Gasteiger partial charge on any atom is 0.408 e. The molecule has 3 aromatic heterocycles. The standard InChI is InChI=1S/C30H30FN5O6/c1-17-12-22-23(34-17)10-11-24(26(22)31)42-28-27-19(3)25(13-36(27)33-16-32-28)39-14-18(2)41-29(37)20(4)35-30(38)40-15-21-8-6-5-7-9-21/h5-13,16,18,20,34H,14-15H2,1-4H3,(H,35,38)/i16+2. The molecular formula is C30H30FN5O6. The molecule has 42 heavy (non-hydrogen) atoms. The summed E-state index contributed by atoms with van der Waals surface area (Å²) >= 11 is 0. The molecule has 0 fully saturated rings. The smallest absolute Gasteiger partial charge is 0.408 e. The summed E-state index contributed by atoms with van der Waals surface area (Å²) in [6.45, 7) is 6.92. The van der Waals surface area contributed by atoms with Gasteiger partial charge in [-0.05, 0) is 51.5 Å². The number of carbonyl (C=O) groups is 2. The summed E-state index contributed by atoms with van der Waals surface area (Å²) in [5.41, 5.74) is 3.48. The summed E-state index contributed by atoms with van der Waals surface area (Å²) in [5.74, 6) is -0.507. The quantitative estimate of drug-likeness (QED) is 0.212. The summed E-state index contributed by atoms with van der Waals surface area (Å²) in [5, 5.41) is 7.09. The van der Waals surface area contributed by atoms with E-state index in [2.05, 4.69) is 20.4 Å². The number of hydrogen-bond acceptors (Lipinski definition) is 8. The van der Waals surface area contributed by atoms with Crippen LogP contribution in [-0.4, -0.2) is 50.4 Å². The number of H-pyrrole nitrogens is 1. The molecule has 5 aromatic rings. The van der Waals surface area contributed by atoms with E-state index in [1.165, 1.54) is 23.8 Å². The summed E-state index contributed by atoms with van der Waals surface area (Å²) in [7, 11) is 0. The zero-order valence-corrected chi connectivity index (χ0v) is 23.5. The Balaban J connectivity index is 1.18. The highest BCUT2D eigenvalue weighted by molar-refractivity contribution is 5.83. The third kappa shape index (κ3) is 6.27. The van der Waals surface area contributed by atoms with Gasteiger partial charge in [0.1, 0.15) is 43.0 Å². The molecule has 12 heteroatoms. The lowest BCUT2D eigenvalue weighted by molar-refractivity contribution is -0.151. The van der Waals surface area contributed by atoms with Crippen LogP contribution in [0.5, 0.6) is 17.4 Å². The topological polar surface area (TPSA) is 129 Å². The van der Waals surface area contributed by atoms with Crippen molar-refractivity contribution in [3.63, 3.8) is 0 Å². The number of ether oxygens (including phenoxy) is 4. The number of nitrogens with zero attached hydrogens (tertiary/aromatic N) is 3. The number of amides is 1. The minimum atomic E-state index is -0.931. The number of fused-ring (bicyclic) bond motifs is 2. The summed E-state index contributed by atoms with van der Waals surface area (Å²) < 4.78 is 39.0. The first kappa shape index (κ1) is 28.4. The lowest BCUT2D eigenvalue weighted by atomic mass is 10.2. The molecule has 0 aliphatic rings. The SMILES string of the molecule is Cc1cc2c(F)c(Oc3n[14cH]nn4cc(OCC(C)OC(=O)C(C)NC(=O)OCc5ccccc5)c(C)c34)ccc2[nH]1. The van der Waals surface area contributed by atoms with Crippen LogP contribution in [0.15, 0.2) is 61.1 Å². The summed E-state index contributed by atoms with van der Waals surface area (Å²) in [6, 6.07) is 13.3. The fourth-order valence-electron chi connectivity index (χ4n) is 4.34. The molecule has 0 saturated carbocycles. The van der Waals surface area contributed by atoms with E-state index in [-0.39, 0.29) is 24.8 Å². The van der Waals surface area contributed by atoms with Crippen molar-refractivity contribution in [1.82, 2.24) is 24.9 Å². The number of alkyl carbamates (subject to hydrolysis) is 1. The van der Waals surface area contributed by atoms with Crippen LogP contribution in [0.4, 0.5) is 9.18 Å². The molecule has 5 rings (SSSR count). The molecule has 0 bridgehead atoms. The van der Waals surface area contributed by atoms with E-state index in [1.807, 2.05) is 37.3 Å². The molecular weight excluding hydrogens is 547 g/mol. The van der Waals surface area contributed by atoms with Crippen LogP contribution in [0.3, 0.4) is 0 Å². The molecule has 3 heterocycles. The van der Waals surface area contributed by atoms with Crippen LogP contribution in [0.2, 0.25) is 0 Å². The van der Waals surface area contributed by atoms with Crippen LogP contribution < -0.4 is 14.8 Å². The Morgan fingerprint density at radius 3 is 2.69 bits per heavy atom. The van der Waals surface area contributed by atoms with Crippen LogP contribution in [0.25, 0.3) is 16.4 Å². The van der Waals surface area contributed by atoms with Crippen molar-refractivity contribution in [3.8, 4) is 17.4 Å². The molecule has 2 aromatic carbocycles. The van der Waals surface area contributed by atoms with Crippen LogP contribution >= 0.6 is 0 Å². The van der Waals surface area contributed by atoms with Gasteiger partial charge in [0.05, 0.1) is 6.20 Å². The fraction of sp³-hybridized carbons (Fsp3) is 0.267. The number of halogens is 1. The van der Waals surface area contributed by atoms with Crippen molar-refractivity contribution in [1.29, 1.82) is 0 Å². The molecule has 11 nitrogen and oxygen atoms in total. The molecule has 0 saturated heterocycles. The minimum absolute atomic E-state index is 0.0242. The van der Waals surface area contributed by atoms with E-state index in [0.29, 0.717) is 27.7 Å². The Labute approximate surface area is 240 Å². The number of aryl methyl sites for hydroxylation is 2. The van der Waals surface area contributed by atoms with Crippen LogP contribution in [-0.2, 0) is 20.9 Å². The zero-order valence-electron chi connectivity index (χ0n) is 23.5. The van der Waals surface area contributed by atoms with E-state index in [4.69, 9.17) is 18.9 Å². The molecule has 2 N–H and O–H groups in total. The summed E-state index contributed by atoms with van der Waals surface area (Å²) in [6.07, 6.45) is 1.56. The Bertz CT molecular complexity index is 1730. The average molecular weight is 578 g/mol. The van der Waals surface area contributed by atoms with Gasteiger partial charge in [0, 0.05) is 22.2 Å². The maximum atomic E-state index is 15.1. The molecule has 2 unspecified atom stereocenters. The molecule has 0 aliphatic carbocycles. The van der Waals surface area contributed by atoms with Crippen LogP contribution in [0, 0.1) is 19.7 Å². The number of aromatic amines is 1. The largest absolute Gasteiger partial charge is 0.488 e. The van der Waals surface area contributed by atoms with Crippen molar-refractivity contribution in [3.05, 3.63) is 83.7 Å². The molecule has 0 radical (unpaired) electrons. The van der Waals surface area contributed by atoms with Crippen molar-refractivity contribution in [2.45, 2.75) is 46.4 Å². The van der Waals surface area contributed by atoms with E-state index in [9.17, 15) is 9.59 Å². The van der Waals surface area contributed by atoms with Gasteiger partial charge in [0.25, 0.3) is 0 Å². The molecule has 218 valence electrons. The second-order valence-corrected chi connectivity index (χ2v) is 9.86. The van der Waals surface area contributed by atoms with Crippen molar-refractivity contribution in [2.24, 2.45) is 0 Å². The fourth-order valence-corrected chi connectivity index (χ4v) is 4.34. The summed E-state index contributed by atoms with van der Waals surface area (Å²) in [4.78, 5) is 31.9. The number of hydrogen-bond donors (Lipinski definition) is 2. The van der Waals surface area contributed by atoms with Gasteiger partial charge in [0.2, 0.25) is 5.88 Å². The monoisotopic (exact) mass is 577 g/mol. The zero-order chi connectivity index (χ0) is 29.8. The van der Waals surface area contributed by atoms with Gasteiger partial charge in [-0.25, -0.2) is 18.5 Å². The Morgan fingerprint density at radius 1 is 1.12 bits per heavy atom. The number of nitrogens with one attached hydrogen (secondary N) is 2. The Kier molecular flexibility index (Phi) is 8.23. The second-order valence-electron chi connectivity index (χ2n) is 9.86. The second kappa shape index (κ2) is 12.2. The highest BCUT2D eigenvalue weighted by Gasteiger charge is 2.22. The normalized spacial score (nSPS) is 12.6. The first-order valence-electron chi connectivity index (χ1n) is 13.3. The van der Waals surface area contributed by atoms with Crippen molar-refractivity contribution in [2.75, 3.05) is 6.61 Å². The minimum Gasteiger partial charge on any atom is -0.488 e. The van der Waals surface area contributed by atoms with Gasteiger partial charge >= 0.3 is 12.1 Å². The van der Waals surface area contributed by atoms with Gasteiger partial charge in [-0.2, -0.15) is 10.1 Å².